The fourth-order valence-electron chi connectivity index (χ4n) is 1.03. The third-order valence-electron chi connectivity index (χ3n) is 1.96. The first-order valence-electron chi connectivity index (χ1n) is 4.32. The highest BCUT2D eigenvalue weighted by Gasteiger charge is 2.12. The lowest BCUT2D eigenvalue weighted by Gasteiger charge is -2.20. The van der Waals surface area contributed by atoms with Gasteiger partial charge in [0.1, 0.15) is 0 Å². The van der Waals surface area contributed by atoms with Crippen LogP contribution in [0, 0.1) is 11.3 Å². The van der Waals surface area contributed by atoms with Crippen LogP contribution in [0.15, 0.2) is 0 Å². The molecule has 0 aliphatic carbocycles. The number of ether oxygens (including phenoxy) is 1. The molecular formula is C9H16N2O2. The van der Waals surface area contributed by atoms with Gasteiger partial charge in [-0.15, -0.1) is 0 Å². The molecule has 0 fully saturated rings. The first kappa shape index (κ1) is 11.9. The number of esters is 1. The second-order valence-corrected chi connectivity index (χ2v) is 2.86. The van der Waals surface area contributed by atoms with E-state index < -0.39 is 0 Å². The number of methoxy groups -OCH3 is 1. The fraction of sp³-hybridized carbons (Fsp3) is 0.778. The van der Waals surface area contributed by atoms with Crippen molar-refractivity contribution in [2.45, 2.75) is 25.8 Å². The molecule has 0 saturated heterocycles. The number of nitrogens with zero attached hydrogens (tertiary/aromatic N) is 2. The van der Waals surface area contributed by atoms with Gasteiger partial charge in [-0.1, -0.05) is 6.92 Å². The van der Waals surface area contributed by atoms with Crippen LogP contribution in [0.3, 0.4) is 0 Å². The summed E-state index contributed by atoms with van der Waals surface area (Å²) in [6, 6.07) is 2.06. The van der Waals surface area contributed by atoms with Crippen LogP contribution in [0.2, 0.25) is 0 Å². The molecule has 1 unspecified atom stereocenters. The smallest absolute Gasteiger partial charge is 0.306 e. The SMILES string of the molecule is CCC(C#N)N(C)CCC(=O)OC. The maximum atomic E-state index is 10.8. The number of hydrogen-bond donors (Lipinski definition) is 0. The van der Waals surface area contributed by atoms with E-state index in [2.05, 4.69) is 10.8 Å². The molecule has 74 valence electrons. The predicted molar refractivity (Wildman–Crippen MR) is 49.0 cm³/mol. The van der Waals surface area contributed by atoms with E-state index in [9.17, 15) is 4.79 Å². The lowest BCUT2D eigenvalue weighted by Crippen LogP contribution is -2.31. The summed E-state index contributed by atoms with van der Waals surface area (Å²) in [5.74, 6) is -0.236. The number of carbonyl (C=O) groups is 1. The minimum Gasteiger partial charge on any atom is -0.469 e. The van der Waals surface area contributed by atoms with Crippen LogP contribution < -0.4 is 0 Å². The van der Waals surface area contributed by atoms with Crippen molar-refractivity contribution < 1.29 is 9.53 Å². The summed E-state index contributed by atoms with van der Waals surface area (Å²) in [7, 11) is 3.20. The van der Waals surface area contributed by atoms with E-state index in [1.807, 2.05) is 18.9 Å². The van der Waals surface area contributed by atoms with Crippen LogP contribution in [-0.2, 0) is 9.53 Å². The monoisotopic (exact) mass is 184 g/mol. The maximum Gasteiger partial charge on any atom is 0.306 e. The third-order valence-corrected chi connectivity index (χ3v) is 1.96. The van der Waals surface area contributed by atoms with Crippen molar-refractivity contribution in [1.29, 1.82) is 5.26 Å². The molecule has 4 heteroatoms. The average Bonchev–Trinajstić information content (AvgIpc) is 2.16. The Morgan fingerprint density at radius 2 is 2.31 bits per heavy atom. The zero-order chi connectivity index (χ0) is 10.3. The van der Waals surface area contributed by atoms with Gasteiger partial charge in [-0.25, -0.2) is 0 Å². The van der Waals surface area contributed by atoms with Gasteiger partial charge in [0.2, 0.25) is 0 Å². The molecule has 0 aliphatic rings. The lowest BCUT2D eigenvalue weighted by atomic mass is 10.2. The highest BCUT2D eigenvalue weighted by Crippen LogP contribution is 2.01. The standard InChI is InChI=1S/C9H16N2O2/c1-4-8(7-10)11(2)6-5-9(12)13-3/h8H,4-6H2,1-3H3. The lowest BCUT2D eigenvalue weighted by molar-refractivity contribution is -0.140. The Labute approximate surface area is 79.1 Å². The zero-order valence-electron chi connectivity index (χ0n) is 8.41. The Balaban J connectivity index is 3.80. The molecule has 0 bridgehead atoms. The maximum absolute atomic E-state index is 10.8. The minimum atomic E-state index is -0.236. The summed E-state index contributed by atoms with van der Waals surface area (Å²) in [5, 5.41) is 8.71. The largest absolute Gasteiger partial charge is 0.469 e. The Morgan fingerprint density at radius 3 is 2.69 bits per heavy atom. The van der Waals surface area contributed by atoms with E-state index in [0.29, 0.717) is 13.0 Å². The quantitative estimate of drug-likeness (QED) is 0.592. The van der Waals surface area contributed by atoms with Crippen molar-refractivity contribution in [2.75, 3.05) is 20.7 Å². The molecule has 0 N–H and O–H groups in total. The molecular weight excluding hydrogens is 168 g/mol. The predicted octanol–water partition coefficient (Wildman–Crippen LogP) is 0.783. The van der Waals surface area contributed by atoms with Gasteiger partial charge < -0.3 is 4.74 Å². The van der Waals surface area contributed by atoms with Crippen molar-refractivity contribution in [2.24, 2.45) is 0 Å². The van der Waals surface area contributed by atoms with Gasteiger partial charge in [0, 0.05) is 6.54 Å². The molecule has 0 aliphatic heterocycles. The van der Waals surface area contributed by atoms with Crippen molar-refractivity contribution in [3.8, 4) is 6.07 Å². The second-order valence-electron chi connectivity index (χ2n) is 2.86. The van der Waals surface area contributed by atoms with Crippen LogP contribution in [0.1, 0.15) is 19.8 Å². The van der Waals surface area contributed by atoms with Crippen LogP contribution in [0.25, 0.3) is 0 Å². The van der Waals surface area contributed by atoms with E-state index in [4.69, 9.17) is 5.26 Å². The van der Waals surface area contributed by atoms with Gasteiger partial charge in [-0.05, 0) is 13.5 Å². The Bertz CT molecular complexity index is 198. The van der Waals surface area contributed by atoms with E-state index in [1.165, 1.54) is 7.11 Å². The molecule has 0 saturated carbocycles. The van der Waals surface area contributed by atoms with Gasteiger partial charge in [0.15, 0.2) is 0 Å². The van der Waals surface area contributed by atoms with Gasteiger partial charge in [0.25, 0.3) is 0 Å². The van der Waals surface area contributed by atoms with Crippen LogP contribution in [0.4, 0.5) is 0 Å². The molecule has 0 amide bonds. The van der Waals surface area contributed by atoms with Crippen molar-refractivity contribution in [3.05, 3.63) is 0 Å². The van der Waals surface area contributed by atoms with E-state index in [0.717, 1.165) is 6.42 Å². The summed E-state index contributed by atoms with van der Waals surface area (Å²) in [6.45, 7) is 2.52. The molecule has 0 aromatic carbocycles. The average molecular weight is 184 g/mol. The number of rotatable bonds is 5. The second kappa shape index (κ2) is 6.44. The molecule has 13 heavy (non-hydrogen) atoms. The summed E-state index contributed by atoms with van der Waals surface area (Å²) in [5.41, 5.74) is 0. The Hall–Kier alpha value is -1.08. The normalized spacial score (nSPS) is 12.2. The van der Waals surface area contributed by atoms with Gasteiger partial charge in [-0.2, -0.15) is 5.26 Å². The first-order chi connectivity index (χ1) is 6.15. The zero-order valence-corrected chi connectivity index (χ0v) is 8.41. The Morgan fingerprint density at radius 1 is 1.69 bits per heavy atom. The van der Waals surface area contributed by atoms with Gasteiger partial charge in [-0.3, -0.25) is 9.69 Å². The molecule has 0 aromatic heterocycles. The molecule has 4 nitrogen and oxygen atoms in total. The van der Waals surface area contributed by atoms with Crippen molar-refractivity contribution in [3.63, 3.8) is 0 Å². The molecule has 0 rings (SSSR count). The first-order valence-corrected chi connectivity index (χ1v) is 4.32. The summed E-state index contributed by atoms with van der Waals surface area (Å²) in [4.78, 5) is 12.6. The van der Waals surface area contributed by atoms with Crippen LogP contribution >= 0.6 is 0 Å². The van der Waals surface area contributed by atoms with Crippen molar-refractivity contribution >= 4 is 5.97 Å². The van der Waals surface area contributed by atoms with E-state index in [1.54, 1.807) is 0 Å². The molecule has 0 aromatic rings. The van der Waals surface area contributed by atoms with Crippen LogP contribution in [-0.4, -0.2) is 37.6 Å². The molecule has 0 heterocycles. The molecule has 0 radical (unpaired) electrons. The number of nitriles is 1. The fourth-order valence-corrected chi connectivity index (χ4v) is 1.03. The Kier molecular flexibility index (Phi) is 5.90. The molecule has 1 atom stereocenters. The van der Waals surface area contributed by atoms with Gasteiger partial charge >= 0.3 is 5.97 Å². The molecule has 0 spiro atoms. The van der Waals surface area contributed by atoms with Crippen molar-refractivity contribution in [1.82, 2.24) is 4.90 Å². The third kappa shape index (κ3) is 4.48. The number of carbonyl (C=O) groups excluding carboxylic acids is 1. The topological polar surface area (TPSA) is 53.3 Å². The summed E-state index contributed by atoms with van der Waals surface area (Å²) in [6.07, 6.45) is 1.11. The highest BCUT2D eigenvalue weighted by molar-refractivity contribution is 5.69. The highest BCUT2D eigenvalue weighted by atomic mass is 16.5. The minimum absolute atomic E-state index is 0.107. The summed E-state index contributed by atoms with van der Waals surface area (Å²) >= 11 is 0. The van der Waals surface area contributed by atoms with E-state index >= 15 is 0 Å². The number of hydrogen-bond acceptors (Lipinski definition) is 4. The van der Waals surface area contributed by atoms with E-state index in [-0.39, 0.29) is 12.0 Å². The van der Waals surface area contributed by atoms with Gasteiger partial charge in [0.05, 0.1) is 25.6 Å². The summed E-state index contributed by atoms with van der Waals surface area (Å²) < 4.78 is 4.50. The van der Waals surface area contributed by atoms with Crippen LogP contribution in [0.5, 0.6) is 0 Å².